The lowest BCUT2D eigenvalue weighted by Crippen LogP contribution is -2.37. The van der Waals surface area contributed by atoms with Crippen molar-refractivity contribution in [2.75, 3.05) is 7.11 Å². The van der Waals surface area contributed by atoms with Gasteiger partial charge in [-0.3, -0.25) is 0 Å². The van der Waals surface area contributed by atoms with Crippen molar-refractivity contribution in [2.45, 2.75) is 51.4 Å². The van der Waals surface area contributed by atoms with Gasteiger partial charge >= 0.3 is 0 Å². The van der Waals surface area contributed by atoms with Crippen LogP contribution in [0.4, 0.5) is 0 Å². The second-order valence-corrected chi connectivity index (χ2v) is 12.2. The van der Waals surface area contributed by atoms with Crippen LogP contribution in [-0.2, 0) is 6.42 Å². The maximum Gasteiger partial charge on any atom is 0.122 e. The zero-order chi connectivity index (χ0) is 13.1. The van der Waals surface area contributed by atoms with E-state index in [9.17, 15) is 0 Å². The molecule has 0 saturated carbocycles. The van der Waals surface area contributed by atoms with E-state index in [4.69, 9.17) is 4.74 Å². The standard InChI is InChI=1S/C15H26OSi/c1-15(2,3)17(5,6)12-11-13-9-7-8-10-14(13)16-4/h7-10H,11-12H2,1-6H3. The van der Waals surface area contributed by atoms with E-state index in [1.807, 2.05) is 6.07 Å². The van der Waals surface area contributed by atoms with Gasteiger partial charge in [0, 0.05) is 0 Å². The summed E-state index contributed by atoms with van der Waals surface area (Å²) in [4.78, 5) is 0. The van der Waals surface area contributed by atoms with Gasteiger partial charge in [0.25, 0.3) is 0 Å². The van der Waals surface area contributed by atoms with E-state index in [1.54, 1.807) is 7.11 Å². The van der Waals surface area contributed by atoms with E-state index in [-0.39, 0.29) is 0 Å². The van der Waals surface area contributed by atoms with Crippen LogP contribution < -0.4 is 4.74 Å². The summed E-state index contributed by atoms with van der Waals surface area (Å²) in [5, 5.41) is 0.467. The Bertz CT molecular complexity index is 363. The van der Waals surface area contributed by atoms with Gasteiger partial charge in [0.15, 0.2) is 0 Å². The number of hydrogen-bond donors (Lipinski definition) is 0. The lowest BCUT2D eigenvalue weighted by molar-refractivity contribution is 0.410. The normalized spacial score (nSPS) is 12.6. The van der Waals surface area contributed by atoms with Gasteiger partial charge in [0.1, 0.15) is 5.75 Å². The quantitative estimate of drug-likeness (QED) is 0.701. The minimum atomic E-state index is -1.18. The van der Waals surface area contributed by atoms with Crippen molar-refractivity contribution in [3.8, 4) is 5.75 Å². The van der Waals surface area contributed by atoms with E-state index in [0.717, 1.165) is 12.2 Å². The Hall–Kier alpha value is -0.763. The van der Waals surface area contributed by atoms with Crippen LogP contribution in [0.25, 0.3) is 0 Å². The van der Waals surface area contributed by atoms with E-state index < -0.39 is 8.07 Å². The average Bonchev–Trinajstić information content (AvgIpc) is 2.25. The van der Waals surface area contributed by atoms with Crippen LogP contribution in [0.15, 0.2) is 24.3 Å². The Kier molecular flexibility index (Phi) is 4.42. The molecule has 0 bridgehead atoms. The molecule has 0 unspecified atom stereocenters. The molecule has 0 atom stereocenters. The summed E-state index contributed by atoms with van der Waals surface area (Å²) < 4.78 is 5.41. The molecule has 96 valence electrons. The molecule has 0 aliphatic carbocycles. The van der Waals surface area contributed by atoms with Crippen LogP contribution >= 0.6 is 0 Å². The molecule has 0 aliphatic heterocycles. The molecular weight excluding hydrogens is 224 g/mol. The number of methoxy groups -OCH3 is 1. The van der Waals surface area contributed by atoms with Crippen molar-refractivity contribution >= 4 is 8.07 Å². The van der Waals surface area contributed by atoms with Crippen LogP contribution in [0.2, 0.25) is 24.2 Å². The lowest BCUT2D eigenvalue weighted by Gasteiger charge is -2.37. The van der Waals surface area contributed by atoms with Crippen molar-refractivity contribution < 1.29 is 4.74 Å². The number of ether oxygens (including phenoxy) is 1. The van der Waals surface area contributed by atoms with Gasteiger partial charge in [-0.25, -0.2) is 0 Å². The number of hydrogen-bond acceptors (Lipinski definition) is 1. The first-order valence-corrected chi connectivity index (χ1v) is 9.60. The Balaban J connectivity index is 2.74. The van der Waals surface area contributed by atoms with Crippen LogP contribution in [-0.4, -0.2) is 15.2 Å². The molecule has 0 fully saturated rings. The monoisotopic (exact) mass is 250 g/mol. The highest BCUT2D eigenvalue weighted by Gasteiger charge is 2.34. The number of rotatable bonds is 4. The molecule has 0 radical (unpaired) electrons. The summed E-state index contributed by atoms with van der Waals surface area (Å²) in [6.45, 7) is 12.1. The van der Waals surface area contributed by atoms with Gasteiger partial charge < -0.3 is 4.74 Å². The molecule has 1 aromatic rings. The van der Waals surface area contributed by atoms with Crippen LogP contribution in [0.3, 0.4) is 0 Å². The molecule has 0 saturated heterocycles. The first-order chi connectivity index (χ1) is 7.78. The summed E-state index contributed by atoms with van der Waals surface area (Å²) >= 11 is 0. The molecule has 17 heavy (non-hydrogen) atoms. The summed E-state index contributed by atoms with van der Waals surface area (Å²) in [6.07, 6.45) is 1.14. The van der Waals surface area contributed by atoms with E-state index >= 15 is 0 Å². The molecule has 0 aliphatic rings. The van der Waals surface area contributed by atoms with Gasteiger partial charge in [-0.05, 0) is 23.1 Å². The molecule has 0 amide bonds. The van der Waals surface area contributed by atoms with Crippen molar-refractivity contribution in [1.82, 2.24) is 0 Å². The fraction of sp³-hybridized carbons (Fsp3) is 0.600. The summed E-state index contributed by atoms with van der Waals surface area (Å²) in [5.41, 5.74) is 1.35. The van der Waals surface area contributed by atoms with E-state index in [1.165, 1.54) is 11.6 Å². The Morgan fingerprint density at radius 1 is 1.12 bits per heavy atom. The summed E-state index contributed by atoms with van der Waals surface area (Å²) in [5.74, 6) is 1.03. The molecule has 0 aromatic heterocycles. The predicted molar refractivity (Wildman–Crippen MR) is 78.7 cm³/mol. The average molecular weight is 250 g/mol. The zero-order valence-electron chi connectivity index (χ0n) is 12.1. The van der Waals surface area contributed by atoms with Gasteiger partial charge in [0.2, 0.25) is 0 Å². The highest BCUT2D eigenvalue weighted by molar-refractivity contribution is 6.80. The van der Waals surface area contributed by atoms with E-state index in [2.05, 4.69) is 52.1 Å². The van der Waals surface area contributed by atoms with Gasteiger partial charge in [-0.2, -0.15) is 0 Å². The van der Waals surface area contributed by atoms with Crippen LogP contribution in [0.1, 0.15) is 26.3 Å². The molecule has 0 spiro atoms. The zero-order valence-corrected chi connectivity index (χ0v) is 13.1. The Labute approximate surface area is 107 Å². The Morgan fingerprint density at radius 3 is 2.24 bits per heavy atom. The smallest absolute Gasteiger partial charge is 0.122 e. The summed E-state index contributed by atoms with van der Waals surface area (Å²) in [6, 6.07) is 9.70. The first-order valence-electron chi connectivity index (χ1n) is 6.40. The van der Waals surface area contributed by atoms with Crippen LogP contribution in [0.5, 0.6) is 5.75 Å². The summed E-state index contributed by atoms with van der Waals surface area (Å²) in [7, 11) is 0.576. The third-order valence-electron chi connectivity index (χ3n) is 4.24. The van der Waals surface area contributed by atoms with Crippen LogP contribution in [0, 0.1) is 0 Å². The van der Waals surface area contributed by atoms with Crippen molar-refractivity contribution in [3.05, 3.63) is 29.8 Å². The minimum Gasteiger partial charge on any atom is -0.496 e. The Morgan fingerprint density at radius 2 is 1.71 bits per heavy atom. The van der Waals surface area contributed by atoms with Gasteiger partial charge in [-0.15, -0.1) is 0 Å². The topological polar surface area (TPSA) is 9.23 Å². The molecule has 1 rings (SSSR count). The SMILES string of the molecule is COc1ccccc1CC[Si](C)(C)C(C)(C)C. The lowest BCUT2D eigenvalue weighted by atomic mass is 10.1. The second-order valence-electron chi connectivity index (χ2n) is 6.45. The third kappa shape index (κ3) is 3.60. The highest BCUT2D eigenvalue weighted by Crippen LogP contribution is 2.39. The van der Waals surface area contributed by atoms with Gasteiger partial charge in [-0.1, -0.05) is 58.1 Å². The maximum absolute atomic E-state index is 5.41. The van der Waals surface area contributed by atoms with Crippen molar-refractivity contribution in [2.24, 2.45) is 0 Å². The fourth-order valence-electron chi connectivity index (χ4n) is 1.73. The second kappa shape index (κ2) is 5.26. The first kappa shape index (κ1) is 14.3. The molecule has 0 N–H and O–H groups in total. The minimum absolute atomic E-state index is 0.467. The predicted octanol–water partition coefficient (Wildman–Crippen LogP) is 4.75. The van der Waals surface area contributed by atoms with Gasteiger partial charge in [0.05, 0.1) is 15.2 Å². The van der Waals surface area contributed by atoms with Crippen molar-refractivity contribution in [3.63, 3.8) is 0 Å². The number of para-hydroxylation sites is 1. The number of benzene rings is 1. The third-order valence-corrected chi connectivity index (χ3v) is 9.80. The van der Waals surface area contributed by atoms with E-state index in [0.29, 0.717) is 5.04 Å². The molecule has 1 aromatic carbocycles. The molecular formula is C15H26OSi. The fourth-order valence-corrected chi connectivity index (χ4v) is 3.38. The molecule has 1 nitrogen and oxygen atoms in total. The maximum atomic E-state index is 5.41. The molecule has 2 heteroatoms. The molecule has 0 heterocycles. The highest BCUT2D eigenvalue weighted by atomic mass is 28.3. The number of aryl methyl sites for hydroxylation is 1. The van der Waals surface area contributed by atoms with Crippen molar-refractivity contribution in [1.29, 1.82) is 0 Å². The largest absolute Gasteiger partial charge is 0.496 e.